The molecule has 1 amide bonds. The van der Waals surface area contributed by atoms with Crippen molar-refractivity contribution in [2.24, 2.45) is 0 Å². The normalized spacial score (nSPS) is 10.5. The largest absolute Gasteiger partial charge is 0.331 e. The van der Waals surface area contributed by atoms with Crippen LogP contribution in [0.15, 0.2) is 42.5 Å². The highest BCUT2D eigenvalue weighted by Crippen LogP contribution is 2.29. The number of rotatable bonds is 3. The number of anilines is 1. The first-order valence-electron chi connectivity index (χ1n) is 7.04. The molecule has 0 saturated heterocycles. The van der Waals surface area contributed by atoms with Crippen molar-refractivity contribution in [1.29, 1.82) is 0 Å². The summed E-state index contributed by atoms with van der Waals surface area (Å²) in [6.45, 7) is 4.20. The maximum atomic E-state index is 12.2. The summed E-state index contributed by atoms with van der Waals surface area (Å²) in [5.41, 5.74) is 2.25. The summed E-state index contributed by atoms with van der Waals surface area (Å²) in [7, 11) is 0. The van der Waals surface area contributed by atoms with Crippen molar-refractivity contribution in [2.75, 3.05) is 5.32 Å². The van der Waals surface area contributed by atoms with Gasteiger partial charge in [0.25, 0.3) is 5.91 Å². The van der Waals surface area contributed by atoms with Crippen LogP contribution in [0.1, 0.15) is 35.7 Å². The zero-order valence-corrected chi connectivity index (χ0v) is 15.0. The molecule has 2 rings (SSSR count). The van der Waals surface area contributed by atoms with Crippen LogP contribution in [-0.2, 0) is 0 Å². The Labute approximate surface area is 151 Å². The summed E-state index contributed by atoms with van der Waals surface area (Å²) in [5, 5.41) is 6.41. The Hall–Kier alpha value is -1.62. The third-order valence-electron chi connectivity index (χ3n) is 3.27. The maximum absolute atomic E-state index is 12.2. The molecule has 0 saturated carbocycles. The van der Waals surface area contributed by atoms with E-state index in [4.69, 9.17) is 35.4 Å². The minimum atomic E-state index is -0.282. The van der Waals surface area contributed by atoms with Crippen molar-refractivity contribution in [3.63, 3.8) is 0 Å². The molecule has 0 aliphatic carbocycles. The van der Waals surface area contributed by atoms with E-state index in [0.29, 0.717) is 27.2 Å². The molecular weight excluding hydrogens is 351 g/mol. The van der Waals surface area contributed by atoms with E-state index in [9.17, 15) is 4.79 Å². The summed E-state index contributed by atoms with van der Waals surface area (Å²) in [4.78, 5) is 12.2. The van der Waals surface area contributed by atoms with E-state index >= 15 is 0 Å². The van der Waals surface area contributed by atoms with Crippen LogP contribution < -0.4 is 10.6 Å². The molecule has 23 heavy (non-hydrogen) atoms. The van der Waals surface area contributed by atoms with Crippen LogP contribution >= 0.6 is 35.4 Å². The second kappa shape index (κ2) is 7.77. The standard InChI is InChI=1S/C17H16Cl2N2OS/c1-10(2)11-6-8-12(9-7-11)16(22)21-17(23)20-14-5-3-4-13(18)15(14)19/h3-10H,1-2H3,(H2,20,21,22,23). The molecule has 0 heterocycles. The van der Waals surface area contributed by atoms with Gasteiger partial charge in [-0.15, -0.1) is 0 Å². The number of benzene rings is 2. The fourth-order valence-electron chi connectivity index (χ4n) is 1.95. The fraction of sp³-hybridized carbons (Fsp3) is 0.176. The zero-order valence-electron chi connectivity index (χ0n) is 12.7. The van der Waals surface area contributed by atoms with E-state index < -0.39 is 0 Å². The molecule has 2 aromatic rings. The van der Waals surface area contributed by atoms with Crippen LogP contribution in [0.25, 0.3) is 0 Å². The number of thiocarbonyl (C=S) groups is 1. The highest BCUT2D eigenvalue weighted by molar-refractivity contribution is 7.80. The molecular formula is C17H16Cl2N2OS. The lowest BCUT2D eigenvalue weighted by Gasteiger charge is -2.12. The Balaban J connectivity index is 2.02. The molecule has 120 valence electrons. The van der Waals surface area contributed by atoms with Crippen LogP contribution in [0.5, 0.6) is 0 Å². The molecule has 0 unspecified atom stereocenters. The number of carbonyl (C=O) groups is 1. The Morgan fingerprint density at radius 3 is 2.35 bits per heavy atom. The molecule has 0 spiro atoms. The second-order valence-corrected chi connectivity index (χ2v) is 6.48. The summed E-state index contributed by atoms with van der Waals surface area (Å²) >= 11 is 17.1. The topological polar surface area (TPSA) is 41.1 Å². The SMILES string of the molecule is CC(C)c1ccc(C(=O)NC(=S)Nc2cccc(Cl)c2Cl)cc1. The van der Waals surface area contributed by atoms with Gasteiger partial charge in [0, 0.05) is 5.56 Å². The number of nitrogens with one attached hydrogen (secondary N) is 2. The minimum absolute atomic E-state index is 0.159. The van der Waals surface area contributed by atoms with Gasteiger partial charge >= 0.3 is 0 Å². The first kappa shape index (κ1) is 17.7. The highest BCUT2D eigenvalue weighted by Gasteiger charge is 2.10. The molecule has 6 heteroatoms. The third kappa shape index (κ3) is 4.67. The average molecular weight is 367 g/mol. The van der Waals surface area contributed by atoms with E-state index in [-0.39, 0.29) is 11.0 Å². The van der Waals surface area contributed by atoms with Gasteiger partial charge in [-0.1, -0.05) is 55.2 Å². The monoisotopic (exact) mass is 366 g/mol. The smallest absolute Gasteiger partial charge is 0.257 e. The van der Waals surface area contributed by atoms with E-state index in [1.807, 2.05) is 12.1 Å². The van der Waals surface area contributed by atoms with Gasteiger partial charge in [0.1, 0.15) is 0 Å². The van der Waals surface area contributed by atoms with Crippen molar-refractivity contribution >= 4 is 52.1 Å². The van der Waals surface area contributed by atoms with Gasteiger partial charge in [0.15, 0.2) is 5.11 Å². The molecule has 0 aliphatic heterocycles. The van der Waals surface area contributed by atoms with Crippen molar-refractivity contribution < 1.29 is 4.79 Å². The highest BCUT2D eigenvalue weighted by atomic mass is 35.5. The van der Waals surface area contributed by atoms with E-state index in [2.05, 4.69) is 24.5 Å². The molecule has 2 N–H and O–H groups in total. The third-order valence-corrected chi connectivity index (χ3v) is 4.29. The lowest BCUT2D eigenvalue weighted by Crippen LogP contribution is -2.34. The van der Waals surface area contributed by atoms with Gasteiger partial charge in [-0.2, -0.15) is 0 Å². The molecule has 0 radical (unpaired) electrons. The minimum Gasteiger partial charge on any atom is -0.331 e. The summed E-state index contributed by atoms with van der Waals surface area (Å²) < 4.78 is 0. The molecule has 0 aliphatic rings. The van der Waals surface area contributed by atoms with Crippen LogP contribution in [0.2, 0.25) is 10.0 Å². The Morgan fingerprint density at radius 1 is 1.09 bits per heavy atom. The van der Waals surface area contributed by atoms with Gasteiger partial charge in [-0.05, 0) is 48.0 Å². The molecule has 0 bridgehead atoms. The van der Waals surface area contributed by atoms with Gasteiger partial charge in [-0.25, -0.2) is 0 Å². The zero-order chi connectivity index (χ0) is 17.0. The lowest BCUT2D eigenvalue weighted by atomic mass is 10.0. The predicted octanol–water partition coefficient (Wildman–Crippen LogP) is 5.24. The molecule has 0 aromatic heterocycles. The summed E-state index contributed by atoms with van der Waals surface area (Å²) in [5.74, 6) is 0.135. The number of hydrogen-bond acceptors (Lipinski definition) is 2. The van der Waals surface area contributed by atoms with Gasteiger partial charge in [-0.3, -0.25) is 10.1 Å². The van der Waals surface area contributed by atoms with Crippen molar-refractivity contribution in [2.45, 2.75) is 19.8 Å². The fourth-order valence-corrected chi connectivity index (χ4v) is 2.50. The lowest BCUT2D eigenvalue weighted by molar-refractivity contribution is 0.0977. The predicted molar refractivity (Wildman–Crippen MR) is 101 cm³/mol. The number of amides is 1. The first-order chi connectivity index (χ1) is 10.9. The Kier molecular flexibility index (Phi) is 5.99. The van der Waals surface area contributed by atoms with E-state index in [1.165, 1.54) is 5.56 Å². The van der Waals surface area contributed by atoms with Crippen LogP contribution in [0.3, 0.4) is 0 Å². The first-order valence-corrected chi connectivity index (χ1v) is 8.21. The van der Waals surface area contributed by atoms with Gasteiger partial charge in [0.05, 0.1) is 15.7 Å². The Morgan fingerprint density at radius 2 is 1.74 bits per heavy atom. The Bertz CT molecular complexity index is 730. The molecule has 0 fully saturated rings. The average Bonchev–Trinajstić information content (AvgIpc) is 2.52. The maximum Gasteiger partial charge on any atom is 0.257 e. The number of carbonyl (C=O) groups excluding carboxylic acids is 1. The van der Waals surface area contributed by atoms with Crippen LogP contribution in [-0.4, -0.2) is 11.0 Å². The summed E-state index contributed by atoms with van der Waals surface area (Å²) in [6, 6.07) is 12.6. The second-order valence-electron chi connectivity index (χ2n) is 5.29. The van der Waals surface area contributed by atoms with Crippen molar-refractivity contribution in [3.05, 3.63) is 63.6 Å². The number of halogens is 2. The molecule has 2 aromatic carbocycles. The van der Waals surface area contributed by atoms with Crippen LogP contribution in [0.4, 0.5) is 5.69 Å². The molecule has 0 atom stereocenters. The van der Waals surface area contributed by atoms with Crippen molar-refractivity contribution in [3.8, 4) is 0 Å². The van der Waals surface area contributed by atoms with Crippen molar-refractivity contribution in [1.82, 2.24) is 5.32 Å². The number of hydrogen-bond donors (Lipinski definition) is 2. The van der Waals surface area contributed by atoms with E-state index in [1.54, 1.807) is 30.3 Å². The quantitative estimate of drug-likeness (QED) is 0.729. The summed E-state index contributed by atoms with van der Waals surface area (Å²) in [6.07, 6.45) is 0. The van der Waals surface area contributed by atoms with E-state index in [0.717, 1.165) is 0 Å². The van der Waals surface area contributed by atoms with Gasteiger partial charge < -0.3 is 5.32 Å². The van der Waals surface area contributed by atoms with Crippen LogP contribution in [0, 0.1) is 0 Å². The van der Waals surface area contributed by atoms with Gasteiger partial charge in [0.2, 0.25) is 0 Å². The molecule has 3 nitrogen and oxygen atoms in total.